The highest BCUT2D eigenvalue weighted by molar-refractivity contribution is 5.50. The van der Waals surface area contributed by atoms with Gasteiger partial charge in [-0.2, -0.15) is 0 Å². The molecule has 0 radical (unpaired) electrons. The monoisotopic (exact) mass is 209 g/mol. The van der Waals surface area contributed by atoms with Gasteiger partial charge in [-0.3, -0.25) is 0 Å². The topological polar surface area (TPSA) is 55.5 Å². The smallest absolute Gasteiger partial charge is 0.164 e. The van der Waals surface area contributed by atoms with Crippen LogP contribution in [0.2, 0.25) is 0 Å². The summed E-state index contributed by atoms with van der Waals surface area (Å²) in [5, 5.41) is 9.79. The van der Waals surface area contributed by atoms with E-state index in [1.54, 1.807) is 6.07 Å². The maximum absolute atomic E-state index is 9.79. The van der Waals surface area contributed by atoms with Gasteiger partial charge >= 0.3 is 0 Å². The van der Waals surface area contributed by atoms with Crippen molar-refractivity contribution in [3.63, 3.8) is 0 Å². The van der Waals surface area contributed by atoms with Crippen LogP contribution >= 0.6 is 0 Å². The number of aromatic hydroxyl groups is 1. The molecule has 0 saturated carbocycles. The predicted octanol–water partition coefficient (Wildman–Crippen LogP) is 2.16. The first-order valence-corrected chi connectivity index (χ1v) is 5.00. The Kier molecular flexibility index (Phi) is 3.25. The van der Waals surface area contributed by atoms with E-state index in [1.807, 2.05) is 6.07 Å². The molecule has 3 N–H and O–H groups in total. The van der Waals surface area contributed by atoms with Crippen LogP contribution < -0.4 is 10.5 Å². The molecule has 3 nitrogen and oxygen atoms in total. The van der Waals surface area contributed by atoms with Crippen LogP contribution in [-0.2, 0) is 12.0 Å². The van der Waals surface area contributed by atoms with E-state index in [4.69, 9.17) is 10.5 Å². The summed E-state index contributed by atoms with van der Waals surface area (Å²) in [4.78, 5) is 0. The van der Waals surface area contributed by atoms with Crippen LogP contribution in [0.4, 0.5) is 0 Å². The summed E-state index contributed by atoms with van der Waals surface area (Å²) in [5.41, 5.74) is 7.50. The molecule has 0 amide bonds. The molecule has 0 aliphatic carbocycles. The molecule has 1 rings (SSSR count). The maximum Gasteiger partial charge on any atom is 0.164 e. The second kappa shape index (κ2) is 4.11. The quantitative estimate of drug-likeness (QED) is 0.784. The van der Waals surface area contributed by atoms with Crippen molar-refractivity contribution in [3.8, 4) is 11.5 Å². The number of nitrogens with two attached hydrogens (primary N) is 1. The van der Waals surface area contributed by atoms with Crippen molar-refractivity contribution >= 4 is 0 Å². The Morgan fingerprint density at radius 2 is 1.93 bits per heavy atom. The number of phenolic OH excluding ortho intramolecular Hbond substituents is 1. The first kappa shape index (κ1) is 11.9. The fourth-order valence-electron chi connectivity index (χ4n) is 1.49. The van der Waals surface area contributed by atoms with Crippen LogP contribution in [0.15, 0.2) is 12.1 Å². The molecule has 0 unspecified atom stereocenters. The van der Waals surface area contributed by atoms with E-state index in [2.05, 4.69) is 20.8 Å². The molecule has 0 atom stereocenters. The number of benzene rings is 1. The van der Waals surface area contributed by atoms with Crippen molar-refractivity contribution < 1.29 is 9.84 Å². The number of ether oxygens (including phenoxy) is 1. The first-order valence-electron chi connectivity index (χ1n) is 5.00. The van der Waals surface area contributed by atoms with Crippen LogP contribution in [0.5, 0.6) is 11.5 Å². The first-order chi connectivity index (χ1) is 6.90. The van der Waals surface area contributed by atoms with Gasteiger partial charge in [0.05, 0.1) is 7.11 Å². The van der Waals surface area contributed by atoms with Crippen molar-refractivity contribution in [2.75, 3.05) is 7.11 Å². The lowest BCUT2D eigenvalue weighted by molar-refractivity contribution is 0.368. The van der Waals surface area contributed by atoms with Crippen molar-refractivity contribution in [3.05, 3.63) is 23.3 Å². The van der Waals surface area contributed by atoms with Gasteiger partial charge in [-0.15, -0.1) is 0 Å². The number of hydrogen-bond donors (Lipinski definition) is 2. The van der Waals surface area contributed by atoms with E-state index in [-0.39, 0.29) is 11.2 Å². The molecule has 3 heteroatoms. The molecule has 0 fully saturated rings. The molecule has 1 aromatic rings. The summed E-state index contributed by atoms with van der Waals surface area (Å²) >= 11 is 0. The minimum absolute atomic E-state index is 0.00628. The minimum atomic E-state index is -0.00628. The largest absolute Gasteiger partial charge is 0.504 e. The molecule has 0 heterocycles. The van der Waals surface area contributed by atoms with Gasteiger partial charge in [-0.05, 0) is 17.0 Å². The van der Waals surface area contributed by atoms with Gasteiger partial charge in [0, 0.05) is 12.1 Å². The van der Waals surface area contributed by atoms with Gasteiger partial charge in [0.25, 0.3) is 0 Å². The van der Waals surface area contributed by atoms with Gasteiger partial charge in [0.15, 0.2) is 11.5 Å². The Morgan fingerprint density at radius 3 is 2.33 bits per heavy atom. The number of hydrogen-bond acceptors (Lipinski definition) is 3. The number of phenols is 1. The van der Waals surface area contributed by atoms with Crippen LogP contribution in [-0.4, -0.2) is 12.2 Å². The molecule has 0 saturated heterocycles. The standard InChI is InChI=1S/C12H19NO2/c1-12(2,3)9-5-8(7-13)11(15-4)10(14)6-9/h5-6,14H,7,13H2,1-4H3. The van der Waals surface area contributed by atoms with Crippen LogP contribution in [0.3, 0.4) is 0 Å². The Morgan fingerprint density at radius 1 is 1.33 bits per heavy atom. The normalized spacial score (nSPS) is 11.5. The van der Waals surface area contributed by atoms with Gasteiger partial charge in [0.2, 0.25) is 0 Å². The van der Waals surface area contributed by atoms with Crippen LogP contribution in [0.1, 0.15) is 31.9 Å². The lowest BCUT2D eigenvalue weighted by atomic mass is 9.86. The van der Waals surface area contributed by atoms with Crippen molar-refractivity contribution in [1.29, 1.82) is 0 Å². The summed E-state index contributed by atoms with van der Waals surface area (Å²) in [6, 6.07) is 3.72. The van der Waals surface area contributed by atoms with Crippen LogP contribution in [0.25, 0.3) is 0 Å². The summed E-state index contributed by atoms with van der Waals surface area (Å²) in [5.74, 6) is 0.635. The average molecular weight is 209 g/mol. The third-order valence-electron chi connectivity index (χ3n) is 2.44. The lowest BCUT2D eigenvalue weighted by Crippen LogP contribution is -2.12. The summed E-state index contributed by atoms with van der Waals surface area (Å²) in [6.45, 7) is 6.64. The third kappa shape index (κ3) is 2.42. The molecule has 0 spiro atoms. The fourth-order valence-corrected chi connectivity index (χ4v) is 1.49. The van der Waals surface area contributed by atoms with Crippen LogP contribution in [0, 0.1) is 0 Å². The van der Waals surface area contributed by atoms with Gasteiger partial charge in [-0.1, -0.05) is 26.8 Å². The van der Waals surface area contributed by atoms with E-state index >= 15 is 0 Å². The maximum atomic E-state index is 9.79. The molecule has 0 aromatic heterocycles. The second-order valence-electron chi connectivity index (χ2n) is 4.64. The van der Waals surface area contributed by atoms with E-state index in [1.165, 1.54) is 7.11 Å². The Hall–Kier alpha value is -1.22. The Balaban J connectivity index is 3.32. The van der Waals surface area contributed by atoms with Crippen molar-refractivity contribution in [1.82, 2.24) is 0 Å². The van der Waals surface area contributed by atoms with Crippen molar-refractivity contribution in [2.45, 2.75) is 32.7 Å². The van der Waals surface area contributed by atoms with Gasteiger partial charge < -0.3 is 15.6 Å². The zero-order valence-electron chi connectivity index (χ0n) is 9.79. The summed E-state index contributed by atoms with van der Waals surface area (Å²) in [7, 11) is 1.53. The SMILES string of the molecule is COc1c(O)cc(C(C)(C)C)cc1CN. The molecule has 1 aromatic carbocycles. The zero-order chi connectivity index (χ0) is 11.6. The molecule has 0 aliphatic heterocycles. The number of rotatable bonds is 2. The lowest BCUT2D eigenvalue weighted by Gasteiger charge is -2.21. The van der Waals surface area contributed by atoms with E-state index in [9.17, 15) is 5.11 Å². The Bertz CT molecular complexity index is 353. The van der Waals surface area contributed by atoms with Gasteiger partial charge in [-0.25, -0.2) is 0 Å². The molecule has 15 heavy (non-hydrogen) atoms. The predicted molar refractivity (Wildman–Crippen MR) is 61.3 cm³/mol. The number of methoxy groups -OCH3 is 1. The summed E-state index contributed by atoms with van der Waals surface area (Å²) in [6.07, 6.45) is 0. The van der Waals surface area contributed by atoms with E-state index in [0.717, 1.165) is 11.1 Å². The highest BCUT2D eigenvalue weighted by Crippen LogP contribution is 2.35. The third-order valence-corrected chi connectivity index (χ3v) is 2.44. The second-order valence-corrected chi connectivity index (χ2v) is 4.64. The summed E-state index contributed by atoms with van der Waals surface area (Å²) < 4.78 is 5.10. The van der Waals surface area contributed by atoms with Gasteiger partial charge in [0.1, 0.15) is 0 Å². The highest BCUT2D eigenvalue weighted by Gasteiger charge is 2.18. The van der Waals surface area contributed by atoms with Crippen molar-refractivity contribution in [2.24, 2.45) is 5.73 Å². The fraction of sp³-hybridized carbons (Fsp3) is 0.500. The minimum Gasteiger partial charge on any atom is -0.504 e. The van der Waals surface area contributed by atoms with E-state index < -0.39 is 0 Å². The molecule has 0 bridgehead atoms. The molecule has 84 valence electrons. The Labute approximate surface area is 90.9 Å². The molecular weight excluding hydrogens is 190 g/mol. The molecular formula is C12H19NO2. The zero-order valence-corrected chi connectivity index (χ0v) is 9.79. The average Bonchev–Trinajstić information content (AvgIpc) is 2.15. The van der Waals surface area contributed by atoms with E-state index in [0.29, 0.717) is 12.3 Å². The molecule has 0 aliphatic rings. The highest BCUT2D eigenvalue weighted by atomic mass is 16.5.